The number of carbonyl (C=O) groups is 1. The molecule has 0 aliphatic heterocycles. The van der Waals surface area contributed by atoms with E-state index in [-0.39, 0.29) is 5.91 Å². The molecule has 122 valence electrons. The highest BCUT2D eigenvalue weighted by molar-refractivity contribution is 5.95. The second-order valence-corrected chi connectivity index (χ2v) is 5.72. The van der Waals surface area contributed by atoms with Crippen LogP contribution in [0.3, 0.4) is 0 Å². The zero-order valence-electron chi connectivity index (χ0n) is 14.3. The second-order valence-electron chi connectivity index (χ2n) is 5.72. The van der Waals surface area contributed by atoms with Gasteiger partial charge in [-0.3, -0.25) is 4.79 Å². The van der Waals surface area contributed by atoms with Gasteiger partial charge >= 0.3 is 0 Å². The first-order valence-corrected chi connectivity index (χ1v) is 8.20. The van der Waals surface area contributed by atoms with E-state index in [1.165, 1.54) is 0 Å². The predicted molar refractivity (Wildman–Crippen MR) is 95.1 cm³/mol. The Morgan fingerprint density at radius 1 is 1.09 bits per heavy atom. The molecule has 0 aliphatic rings. The maximum atomic E-state index is 12.5. The lowest BCUT2D eigenvalue weighted by molar-refractivity contribution is -0.122. The molecule has 0 aliphatic carbocycles. The molecule has 0 fully saturated rings. The SMILES string of the molecule is CCc1cccc(CC)c1NC(=O)[C@@H](C)Oc1cccc(C)c1. The summed E-state index contributed by atoms with van der Waals surface area (Å²) in [5.74, 6) is 0.592. The van der Waals surface area contributed by atoms with E-state index in [9.17, 15) is 4.79 Å². The van der Waals surface area contributed by atoms with Crippen molar-refractivity contribution in [3.8, 4) is 5.75 Å². The molecule has 0 spiro atoms. The monoisotopic (exact) mass is 311 g/mol. The van der Waals surface area contributed by atoms with Crippen molar-refractivity contribution in [2.75, 3.05) is 5.32 Å². The Labute approximate surface area is 138 Å². The van der Waals surface area contributed by atoms with Crippen molar-refractivity contribution in [2.45, 2.75) is 46.6 Å². The van der Waals surface area contributed by atoms with Crippen LogP contribution in [0.25, 0.3) is 0 Å². The number of aryl methyl sites for hydroxylation is 3. The number of carbonyl (C=O) groups excluding carboxylic acids is 1. The van der Waals surface area contributed by atoms with Crippen molar-refractivity contribution < 1.29 is 9.53 Å². The molecular weight excluding hydrogens is 286 g/mol. The summed E-state index contributed by atoms with van der Waals surface area (Å²) in [5.41, 5.74) is 4.35. The van der Waals surface area contributed by atoms with E-state index in [4.69, 9.17) is 4.74 Å². The van der Waals surface area contributed by atoms with E-state index in [1.54, 1.807) is 6.92 Å². The third-order valence-corrected chi connectivity index (χ3v) is 3.92. The lowest BCUT2D eigenvalue weighted by atomic mass is 10.0. The largest absolute Gasteiger partial charge is 0.481 e. The van der Waals surface area contributed by atoms with Gasteiger partial charge in [0.15, 0.2) is 6.10 Å². The number of ether oxygens (including phenoxy) is 1. The van der Waals surface area contributed by atoms with Gasteiger partial charge < -0.3 is 10.1 Å². The molecule has 2 aromatic rings. The minimum Gasteiger partial charge on any atom is -0.481 e. The van der Waals surface area contributed by atoms with Crippen LogP contribution in [0.1, 0.15) is 37.5 Å². The van der Waals surface area contributed by atoms with E-state index >= 15 is 0 Å². The van der Waals surface area contributed by atoms with Crippen LogP contribution >= 0.6 is 0 Å². The molecule has 3 heteroatoms. The van der Waals surface area contributed by atoms with Gasteiger partial charge in [-0.25, -0.2) is 0 Å². The van der Waals surface area contributed by atoms with Crippen LogP contribution in [-0.2, 0) is 17.6 Å². The average Bonchev–Trinajstić information content (AvgIpc) is 2.54. The molecule has 0 saturated carbocycles. The van der Waals surface area contributed by atoms with Gasteiger partial charge in [0.05, 0.1) is 0 Å². The number of hydrogen-bond acceptors (Lipinski definition) is 2. The van der Waals surface area contributed by atoms with Crippen LogP contribution in [0.5, 0.6) is 5.75 Å². The molecule has 0 aromatic heterocycles. The van der Waals surface area contributed by atoms with Gasteiger partial charge in [0.2, 0.25) is 0 Å². The van der Waals surface area contributed by atoms with Crippen molar-refractivity contribution in [1.82, 2.24) is 0 Å². The molecule has 0 saturated heterocycles. The molecule has 2 aromatic carbocycles. The van der Waals surface area contributed by atoms with Crippen molar-refractivity contribution in [3.05, 3.63) is 59.2 Å². The fourth-order valence-corrected chi connectivity index (χ4v) is 2.57. The Morgan fingerprint density at radius 2 is 1.70 bits per heavy atom. The summed E-state index contributed by atoms with van der Waals surface area (Å²) < 4.78 is 5.76. The minimum absolute atomic E-state index is 0.123. The fourth-order valence-electron chi connectivity index (χ4n) is 2.57. The Kier molecular flexibility index (Phi) is 5.80. The highest BCUT2D eigenvalue weighted by atomic mass is 16.5. The highest BCUT2D eigenvalue weighted by Crippen LogP contribution is 2.23. The first-order valence-electron chi connectivity index (χ1n) is 8.20. The van der Waals surface area contributed by atoms with Gasteiger partial charge in [-0.2, -0.15) is 0 Å². The van der Waals surface area contributed by atoms with Gasteiger partial charge in [-0.05, 0) is 55.5 Å². The molecule has 3 nitrogen and oxygen atoms in total. The van der Waals surface area contributed by atoms with Crippen LogP contribution in [0.2, 0.25) is 0 Å². The molecule has 0 bridgehead atoms. The first-order chi connectivity index (χ1) is 11.0. The maximum Gasteiger partial charge on any atom is 0.265 e. The standard InChI is InChI=1S/C20H25NO2/c1-5-16-10-8-11-17(6-2)19(16)21-20(22)15(4)23-18-12-7-9-14(3)13-18/h7-13,15H,5-6H2,1-4H3,(H,21,22)/t15-/m1/s1. The van der Waals surface area contributed by atoms with E-state index in [0.717, 1.165) is 35.2 Å². The summed E-state index contributed by atoms with van der Waals surface area (Å²) in [6.45, 7) is 7.97. The number of hydrogen-bond donors (Lipinski definition) is 1. The Balaban J connectivity index is 2.12. The molecule has 2 rings (SSSR count). The molecule has 1 N–H and O–H groups in total. The molecule has 0 radical (unpaired) electrons. The van der Waals surface area contributed by atoms with E-state index < -0.39 is 6.10 Å². The van der Waals surface area contributed by atoms with Crippen LogP contribution in [0, 0.1) is 6.92 Å². The minimum atomic E-state index is -0.550. The summed E-state index contributed by atoms with van der Waals surface area (Å²) in [4.78, 5) is 12.5. The third-order valence-electron chi connectivity index (χ3n) is 3.92. The summed E-state index contributed by atoms with van der Waals surface area (Å²) in [6, 6.07) is 13.9. The number of benzene rings is 2. The number of rotatable bonds is 6. The van der Waals surface area contributed by atoms with Crippen LogP contribution in [-0.4, -0.2) is 12.0 Å². The van der Waals surface area contributed by atoms with Crippen molar-refractivity contribution in [1.29, 1.82) is 0 Å². The van der Waals surface area contributed by atoms with Crippen LogP contribution < -0.4 is 10.1 Å². The van der Waals surface area contributed by atoms with Crippen molar-refractivity contribution in [3.63, 3.8) is 0 Å². The molecule has 23 heavy (non-hydrogen) atoms. The summed E-state index contributed by atoms with van der Waals surface area (Å²) in [6.07, 6.45) is 1.22. The van der Waals surface area contributed by atoms with E-state index in [2.05, 4.69) is 31.3 Å². The van der Waals surface area contributed by atoms with Gasteiger partial charge in [0.1, 0.15) is 5.75 Å². The predicted octanol–water partition coefficient (Wildman–Crippen LogP) is 4.53. The van der Waals surface area contributed by atoms with E-state index in [0.29, 0.717) is 5.75 Å². The Hall–Kier alpha value is -2.29. The summed E-state index contributed by atoms with van der Waals surface area (Å²) >= 11 is 0. The first kappa shape index (κ1) is 17.1. The molecule has 1 atom stereocenters. The zero-order chi connectivity index (χ0) is 16.8. The maximum absolute atomic E-state index is 12.5. The van der Waals surface area contributed by atoms with Gasteiger partial charge in [-0.1, -0.05) is 44.2 Å². The fraction of sp³-hybridized carbons (Fsp3) is 0.350. The molecule has 1 amide bonds. The lowest BCUT2D eigenvalue weighted by Gasteiger charge is -2.18. The highest BCUT2D eigenvalue weighted by Gasteiger charge is 2.17. The van der Waals surface area contributed by atoms with Crippen molar-refractivity contribution >= 4 is 11.6 Å². The molecule has 0 unspecified atom stereocenters. The summed E-state index contributed by atoms with van der Waals surface area (Å²) in [5, 5.41) is 3.05. The average molecular weight is 311 g/mol. The zero-order valence-corrected chi connectivity index (χ0v) is 14.3. The molecule has 0 heterocycles. The van der Waals surface area contributed by atoms with Crippen molar-refractivity contribution in [2.24, 2.45) is 0 Å². The number of nitrogens with one attached hydrogen (secondary N) is 1. The molecular formula is C20H25NO2. The van der Waals surface area contributed by atoms with Gasteiger partial charge in [-0.15, -0.1) is 0 Å². The quantitative estimate of drug-likeness (QED) is 0.851. The normalized spacial score (nSPS) is 11.8. The summed E-state index contributed by atoms with van der Waals surface area (Å²) in [7, 11) is 0. The second kappa shape index (κ2) is 7.82. The number of para-hydroxylation sites is 1. The Morgan fingerprint density at radius 3 is 2.26 bits per heavy atom. The lowest BCUT2D eigenvalue weighted by Crippen LogP contribution is -2.31. The topological polar surface area (TPSA) is 38.3 Å². The van der Waals surface area contributed by atoms with Gasteiger partial charge in [0.25, 0.3) is 5.91 Å². The third kappa shape index (κ3) is 4.35. The number of amides is 1. The van der Waals surface area contributed by atoms with E-state index in [1.807, 2.05) is 37.3 Å². The number of anilines is 1. The van der Waals surface area contributed by atoms with Crippen LogP contribution in [0.4, 0.5) is 5.69 Å². The Bertz CT molecular complexity index is 657. The van der Waals surface area contributed by atoms with Crippen LogP contribution in [0.15, 0.2) is 42.5 Å². The smallest absolute Gasteiger partial charge is 0.265 e. The van der Waals surface area contributed by atoms with Gasteiger partial charge in [0, 0.05) is 5.69 Å².